The number of aromatic nitrogens is 1. The van der Waals surface area contributed by atoms with Gasteiger partial charge in [-0.1, -0.05) is 18.2 Å². The molecule has 7 nitrogen and oxygen atoms in total. The number of carbonyl (C=O) groups excluding carboxylic acids is 1. The molecule has 1 aromatic heterocycles. The molecule has 0 saturated carbocycles. The summed E-state index contributed by atoms with van der Waals surface area (Å²) in [6, 6.07) is 13.5. The van der Waals surface area contributed by atoms with Gasteiger partial charge in [0, 0.05) is 29.4 Å². The molecule has 2 aromatic carbocycles. The van der Waals surface area contributed by atoms with Gasteiger partial charge in [-0.15, -0.1) is 0 Å². The van der Waals surface area contributed by atoms with Crippen molar-refractivity contribution in [3.05, 3.63) is 76.5 Å². The Kier molecular flexibility index (Phi) is 4.88. The van der Waals surface area contributed by atoms with E-state index in [4.69, 9.17) is 15.9 Å². The number of nitrogens with zero attached hydrogens (tertiary/aromatic N) is 1. The van der Waals surface area contributed by atoms with Crippen LogP contribution in [-0.4, -0.2) is 36.3 Å². The van der Waals surface area contributed by atoms with Crippen molar-refractivity contribution in [3.63, 3.8) is 0 Å². The molecule has 0 atom stereocenters. The maximum Gasteiger partial charge on any atom is 0.255 e. The van der Waals surface area contributed by atoms with Crippen LogP contribution in [0.3, 0.4) is 0 Å². The first-order valence-electron chi connectivity index (χ1n) is 10.3. The van der Waals surface area contributed by atoms with Gasteiger partial charge in [0.05, 0.1) is 17.8 Å². The van der Waals surface area contributed by atoms with Crippen LogP contribution < -0.4 is 21.1 Å². The minimum atomic E-state index is -0.171. The van der Waals surface area contributed by atoms with E-state index in [1.165, 1.54) is 11.1 Å². The number of fused-ring (bicyclic) bond motifs is 2. The molecule has 5 N–H and O–H groups in total. The molecule has 0 radical (unpaired) electrons. The van der Waals surface area contributed by atoms with Crippen molar-refractivity contribution >= 4 is 17.4 Å². The zero-order valence-corrected chi connectivity index (χ0v) is 17.0. The predicted molar refractivity (Wildman–Crippen MR) is 120 cm³/mol. The third kappa shape index (κ3) is 3.64. The lowest BCUT2D eigenvalue weighted by Gasteiger charge is -2.18. The number of amides is 1. The van der Waals surface area contributed by atoms with Crippen molar-refractivity contribution in [2.75, 3.05) is 25.4 Å². The first-order chi connectivity index (χ1) is 15.1. The number of benzene rings is 2. The van der Waals surface area contributed by atoms with Crippen LogP contribution in [0.4, 0.5) is 5.82 Å². The number of nitrogens with two attached hydrogens (primary N) is 1. The molecule has 31 heavy (non-hydrogen) atoms. The quantitative estimate of drug-likeness (QED) is 0.493. The molecule has 5 rings (SSSR count). The van der Waals surface area contributed by atoms with Crippen molar-refractivity contribution in [2.24, 2.45) is 0 Å². The van der Waals surface area contributed by atoms with Gasteiger partial charge < -0.3 is 21.1 Å². The fourth-order valence-corrected chi connectivity index (χ4v) is 4.05. The van der Waals surface area contributed by atoms with Crippen molar-refractivity contribution in [2.45, 2.75) is 13.0 Å². The van der Waals surface area contributed by atoms with Crippen molar-refractivity contribution in [1.82, 2.24) is 15.6 Å². The number of anilines is 1. The molecule has 0 aliphatic carbocycles. The molecular formula is C24H23N5O2. The Morgan fingerprint density at radius 3 is 2.87 bits per heavy atom. The number of nitrogens with one attached hydrogen (secondary N) is 3. The maximum absolute atomic E-state index is 12.1. The van der Waals surface area contributed by atoms with Crippen LogP contribution in [-0.2, 0) is 13.0 Å². The maximum atomic E-state index is 12.1. The van der Waals surface area contributed by atoms with E-state index in [1.54, 1.807) is 24.4 Å². The monoisotopic (exact) mass is 413 g/mol. The lowest BCUT2D eigenvalue weighted by Crippen LogP contribution is -2.24. The Hall–Kier alpha value is -3.71. The number of rotatable bonds is 3. The summed E-state index contributed by atoms with van der Waals surface area (Å²) < 4.78 is 5.69. The molecule has 0 fully saturated rings. The topological polar surface area (TPSA) is 113 Å². The Balaban J connectivity index is 1.50. The number of ether oxygens (including phenoxy) is 1. The van der Waals surface area contributed by atoms with Gasteiger partial charge in [0.15, 0.2) is 0 Å². The van der Waals surface area contributed by atoms with Gasteiger partial charge in [-0.3, -0.25) is 10.2 Å². The fraction of sp³-hybridized carbons (Fsp3) is 0.208. The average Bonchev–Trinajstić information content (AvgIpc) is 2.99. The smallest absolute Gasteiger partial charge is 0.255 e. The molecule has 3 aromatic rings. The highest BCUT2D eigenvalue weighted by Crippen LogP contribution is 2.28. The average molecular weight is 413 g/mol. The Labute approximate surface area is 180 Å². The van der Waals surface area contributed by atoms with E-state index in [-0.39, 0.29) is 11.6 Å². The molecule has 156 valence electrons. The molecule has 0 unspecified atom stereocenters. The molecule has 1 amide bonds. The van der Waals surface area contributed by atoms with E-state index >= 15 is 0 Å². The van der Waals surface area contributed by atoms with E-state index in [9.17, 15) is 4.79 Å². The van der Waals surface area contributed by atoms with Gasteiger partial charge in [-0.2, -0.15) is 0 Å². The van der Waals surface area contributed by atoms with E-state index in [0.29, 0.717) is 41.4 Å². The summed E-state index contributed by atoms with van der Waals surface area (Å²) in [4.78, 5) is 16.5. The lowest BCUT2D eigenvalue weighted by atomic mass is 9.94. The molecule has 3 heterocycles. The number of carbonyl (C=O) groups is 1. The van der Waals surface area contributed by atoms with Gasteiger partial charge in [-0.25, -0.2) is 4.98 Å². The van der Waals surface area contributed by atoms with Crippen LogP contribution in [0.1, 0.15) is 32.6 Å². The van der Waals surface area contributed by atoms with Crippen LogP contribution in [0.2, 0.25) is 0 Å². The summed E-state index contributed by atoms with van der Waals surface area (Å²) >= 11 is 0. The third-order valence-electron chi connectivity index (χ3n) is 5.77. The van der Waals surface area contributed by atoms with Crippen LogP contribution in [0.5, 0.6) is 5.75 Å². The third-order valence-corrected chi connectivity index (χ3v) is 5.77. The Morgan fingerprint density at radius 1 is 1.06 bits per heavy atom. The van der Waals surface area contributed by atoms with Crippen molar-refractivity contribution in [1.29, 1.82) is 5.41 Å². The molecule has 0 bridgehead atoms. The fourth-order valence-electron chi connectivity index (χ4n) is 4.05. The van der Waals surface area contributed by atoms with E-state index in [0.717, 1.165) is 30.6 Å². The van der Waals surface area contributed by atoms with E-state index in [1.807, 2.05) is 6.07 Å². The second kappa shape index (κ2) is 7.85. The van der Waals surface area contributed by atoms with Crippen LogP contribution in [0.25, 0.3) is 11.1 Å². The number of hydrogen-bond donors (Lipinski definition) is 4. The minimum absolute atomic E-state index is 0.171. The second-order valence-electron chi connectivity index (χ2n) is 7.76. The highest BCUT2D eigenvalue weighted by Gasteiger charge is 2.19. The summed E-state index contributed by atoms with van der Waals surface area (Å²) in [6.45, 7) is 2.71. The lowest BCUT2D eigenvalue weighted by molar-refractivity contribution is 0.0957. The first kappa shape index (κ1) is 19.3. The van der Waals surface area contributed by atoms with Crippen LogP contribution in [0, 0.1) is 5.41 Å². The molecule has 7 heteroatoms. The number of pyridine rings is 1. The molecule has 0 spiro atoms. The summed E-state index contributed by atoms with van der Waals surface area (Å²) in [5.41, 5.74) is 12.6. The van der Waals surface area contributed by atoms with Gasteiger partial charge in [0.25, 0.3) is 5.91 Å². The summed E-state index contributed by atoms with van der Waals surface area (Å²) in [5.74, 6) is 0.597. The highest BCUT2D eigenvalue weighted by molar-refractivity contribution is 6.14. The number of hydrogen-bond acceptors (Lipinski definition) is 6. The Bertz CT molecular complexity index is 1200. The van der Waals surface area contributed by atoms with E-state index < -0.39 is 0 Å². The van der Waals surface area contributed by atoms with E-state index in [2.05, 4.69) is 33.8 Å². The standard InChI is InChI=1S/C24H23N5O2/c25-22(16-3-4-19-21(11-16)31-8-7-28-24(19)30)20-10-18(13-29-23(20)26)15-2-1-14-5-6-27-12-17(14)9-15/h1-4,9-11,13,25,27H,5-8,12H2,(H2,26,29)(H,28,30). The minimum Gasteiger partial charge on any atom is -0.491 e. The zero-order chi connectivity index (χ0) is 21.4. The zero-order valence-electron chi connectivity index (χ0n) is 17.0. The number of nitrogen functional groups attached to an aromatic ring is 1. The molecule has 2 aliphatic heterocycles. The Morgan fingerprint density at radius 2 is 1.97 bits per heavy atom. The van der Waals surface area contributed by atoms with Crippen LogP contribution in [0.15, 0.2) is 48.7 Å². The van der Waals surface area contributed by atoms with Crippen molar-refractivity contribution in [3.8, 4) is 16.9 Å². The first-order valence-corrected chi connectivity index (χ1v) is 10.3. The van der Waals surface area contributed by atoms with Crippen molar-refractivity contribution < 1.29 is 9.53 Å². The highest BCUT2D eigenvalue weighted by atomic mass is 16.5. The normalized spacial score (nSPS) is 15.2. The van der Waals surface area contributed by atoms with Gasteiger partial charge >= 0.3 is 0 Å². The second-order valence-corrected chi connectivity index (χ2v) is 7.76. The molecular weight excluding hydrogens is 390 g/mol. The van der Waals surface area contributed by atoms with Crippen LogP contribution >= 0.6 is 0 Å². The summed E-state index contributed by atoms with van der Waals surface area (Å²) in [5, 5.41) is 14.9. The summed E-state index contributed by atoms with van der Waals surface area (Å²) in [7, 11) is 0. The largest absolute Gasteiger partial charge is 0.491 e. The summed E-state index contributed by atoms with van der Waals surface area (Å²) in [6.07, 6.45) is 2.78. The van der Waals surface area contributed by atoms with Gasteiger partial charge in [0.2, 0.25) is 0 Å². The predicted octanol–water partition coefficient (Wildman–Crippen LogP) is 2.51. The molecule has 2 aliphatic rings. The van der Waals surface area contributed by atoms with Gasteiger partial charge in [-0.05, 0) is 53.9 Å². The molecule has 0 saturated heterocycles. The van der Waals surface area contributed by atoms with Gasteiger partial charge in [0.1, 0.15) is 18.2 Å². The SMILES string of the molecule is N=C(c1ccc2c(c1)OCCNC2=O)c1cc(-c2ccc3c(c2)CNCC3)cnc1N.